The largest absolute Gasteiger partial charge is 0.496 e. The number of carbonyl (C=O) groups is 1. The van der Waals surface area contributed by atoms with Gasteiger partial charge in [0.2, 0.25) is 0 Å². The van der Waals surface area contributed by atoms with Crippen molar-refractivity contribution in [1.82, 2.24) is 10.2 Å². The van der Waals surface area contributed by atoms with Crippen LogP contribution in [-0.2, 0) is 11.3 Å². The van der Waals surface area contributed by atoms with Crippen molar-refractivity contribution < 1.29 is 14.3 Å². The molecule has 2 fully saturated rings. The van der Waals surface area contributed by atoms with E-state index < -0.39 is 0 Å². The summed E-state index contributed by atoms with van der Waals surface area (Å²) in [5, 5.41) is 5.50. The minimum absolute atomic E-state index is 0.0207. The Bertz CT molecular complexity index is 795. The van der Waals surface area contributed by atoms with Gasteiger partial charge in [0.05, 0.1) is 26.3 Å². The minimum Gasteiger partial charge on any atom is -0.496 e. The quantitative estimate of drug-likeness (QED) is 0.865. The van der Waals surface area contributed by atoms with Gasteiger partial charge < -0.3 is 19.7 Å². The smallest absolute Gasteiger partial charge is 0.318 e. The second-order valence-corrected chi connectivity index (χ2v) is 7.54. The van der Waals surface area contributed by atoms with Crippen molar-refractivity contribution in [3.8, 4) is 5.75 Å². The van der Waals surface area contributed by atoms with Crippen LogP contribution in [0.2, 0.25) is 0 Å². The Kier molecular flexibility index (Phi) is 5.48. The maximum Gasteiger partial charge on any atom is 0.318 e. The standard InChI is InChI=1S/C22H28N2O3/c1-26-21-11-10-16-6-2-5-9-19(16)20(21)14-24(18-7-3-4-8-18)22(25)23-17-12-13-27-15-17/h2,5-6,9-11,17-18H,3-4,7-8,12-15H2,1H3,(H,23,25). The van der Waals surface area contributed by atoms with E-state index in [1.165, 1.54) is 18.2 Å². The van der Waals surface area contributed by atoms with Crippen molar-refractivity contribution in [2.75, 3.05) is 20.3 Å². The predicted octanol–water partition coefficient (Wildman–Crippen LogP) is 4.09. The van der Waals surface area contributed by atoms with E-state index in [1.54, 1.807) is 7.11 Å². The SMILES string of the molecule is COc1ccc2ccccc2c1CN(C(=O)NC1CCOC1)C1CCCC1. The van der Waals surface area contributed by atoms with Crippen molar-refractivity contribution in [3.63, 3.8) is 0 Å². The Morgan fingerprint density at radius 3 is 2.74 bits per heavy atom. The molecule has 1 atom stereocenters. The molecule has 2 amide bonds. The Morgan fingerprint density at radius 2 is 2.00 bits per heavy atom. The monoisotopic (exact) mass is 368 g/mol. The van der Waals surface area contributed by atoms with E-state index in [2.05, 4.69) is 23.5 Å². The average Bonchev–Trinajstić information content (AvgIpc) is 3.40. The second kappa shape index (κ2) is 8.17. The number of hydrogen-bond donors (Lipinski definition) is 1. The molecule has 1 aliphatic carbocycles. The number of carbonyl (C=O) groups excluding carboxylic acids is 1. The van der Waals surface area contributed by atoms with Crippen LogP contribution in [0.3, 0.4) is 0 Å². The average molecular weight is 368 g/mol. The van der Waals surface area contributed by atoms with Crippen molar-refractivity contribution in [2.24, 2.45) is 0 Å². The molecule has 2 aromatic rings. The van der Waals surface area contributed by atoms with E-state index in [-0.39, 0.29) is 18.1 Å². The number of ether oxygens (including phenoxy) is 2. The molecule has 0 bridgehead atoms. The molecule has 0 aromatic heterocycles. The summed E-state index contributed by atoms with van der Waals surface area (Å²) in [5.41, 5.74) is 1.08. The first-order chi connectivity index (χ1) is 13.3. The van der Waals surface area contributed by atoms with Gasteiger partial charge in [0.1, 0.15) is 5.75 Å². The second-order valence-electron chi connectivity index (χ2n) is 7.54. The third-order valence-corrected chi connectivity index (χ3v) is 5.83. The van der Waals surface area contributed by atoms with Crippen LogP contribution in [0.1, 0.15) is 37.7 Å². The highest BCUT2D eigenvalue weighted by molar-refractivity contribution is 5.88. The molecular weight excluding hydrogens is 340 g/mol. The van der Waals surface area contributed by atoms with Crippen LogP contribution in [0, 0.1) is 0 Å². The van der Waals surface area contributed by atoms with Gasteiger partial charge in [-0.2, -0.15) is 0 Å². The lowest BCUT2D eigenvalue weighted by molar-refractivity contribution is 0.160. The first-order valence-corrected chi connectivity index (χ1v) is 9.96. The normalized spacial score (nSPS) is 20.1. The summed E-state index contributed by atoms with van der Waals surface area (Å²) < 4.78 is 11.1. The summed E-state index contributed by atoms with van der Waals surface area (Å²) in [6.07, 6.45) is 5.41. The number of urea groups is 1. The summed E-state index contributed by atoms with van der Waals surface area (Å²) in [5.74, 6) is 0.841. The number of nitrogens with zero attached hydrogens (tertiary/aromatic N) is 1. The summed E-state index contributed by atoms with van der Waals surface area (Å²) in [6, 6.07) is 12.8. The molecular formula is C22H28N2O3. The highest BCUT2D eigenvalue weighted by Crippen LogP contribution is 2.32. The third-order valence-electron chi connectivity index (χ3n) is 5.83. The van der Waals surface area contributed by atoms with Gasteiger partial charge in [0.15, 0.2) is 0 Å². The number of benzene rings is 2. The fourth-order valence-corrected chi connectivity index (χ4v) is 4.33. The van der Waals surface area contributed by atoms with Crippen molar-refractivity contribution in [2.45, 2.75) is 50.7 Å². The van der Waals surface area contributed by atoms with Crippen molar-refractivity contribution >= 4 is 16.8 Å². The molecule has 1 N–H and O–H groups in total. The van der Waals surface area contributed by atoms with Crippen LogP contribution < -0.4 is 10.1 Å². The zero-order chi connectivity index (χ0) is 18.6. The Labute approximate surface area is 160 Å². The zero-order valence-electron chi connectivity index (χ0n) is 15.9. The minimum atomic E-state index is 0.0207. The van der Waals surface area contributed by atoms with Crippen molar-refractivity contribution in [3.05, 3.63) is 42.0 Å². The van der Waals surface area contributed by atoms with Crippen LogP contribution in [0.25, 0.3) is 10.8 Å². The molecule has 5 heteroatoms. The van der Waals surface area contributed by atoms with E-state index in [0.717, 1.165) is 42.6 Å². The van der Waals surface area contributed by atoms with Gasteiger partial charge in [-0.15, -0.1) is 0 Å². The molecule has 0 spiro atoms. The zero-order valence-corrected chi connectivity index (χ0v) is 15.9. The van der Waals surface area contributed by atoms with Gasteiger partial charge in [-0.25, -0.2) is 4.79 Å². The molecule has 1 unspecified atom stereocenters. The fraction of sp³-hybridized carbons (Fsp3) is 0.500. The van der Waals surface area contributed by atoms with Crippen LogP contribution in [0.5, 0.6) is 5.75 Å². The summed E-state index contributed by atoms with van der Waals surface area (Å²) >= 11 is 0. The Balaban J connectivity index is 1.64. The molecule has 2 aromatic carbocycles. The molecule has 1 aliphatic heterocycles. The van der Waals surface area contributed by atoms with Crippen LogP contribution >= 0.6 is 0 Å². The van der Waals surface area contributed by atoms with Crippen molar-refractivity contribution in [1.29, 1.82) is 0 Å². The van der Waals surface area contributed by atoms with Gasteiger partial charge >= 0.3 is 6.03 Å². The molecule has 5 nitrogen and oxygen atoms in total. The van der Waals surface area contributed by atoms with Gasteiger partial charge in [-0.3, -0.25) is 0 Å². The number of fused-ring (bicyclic) bond motifs is 1. The summed E-state index contributed by atoms with van der Waals surface area (Å²) in [7, 11) is 1.70. The number of nitrogens with one attached hydrogen (secondary N) is 1. The van der Waals surface area contributed by atoms with E-state index in [1.807, 2.05) is 23.1 Å². The van der Waals surface area contributed by atoms with Crippen LogP contribution in [-0.4, -0.2) is 43.3 Å². The van der Waals surface area contributed by atoms with E-state index in [0.29, 0.717) is 13.2 Å². The highest BCUT2D eigenvalue weighted by atomic mass is 16.5. The fourth-order valence-electron chi connectivity index (χ4n) is 4.33. The molecule has 4 rings (SSSR count). The molecule has 1 saturated carbocycles. The molecule has 2 aliphatic rings. The molecule has 1 saturated heterocycles. The third kappa shape index (κ3) is 3.88. The van der Waals surface area contributed by atoms with Gasteiger partial charge in [-0.05, 0) is 36.1 Å². The van der Waals surface area contributed by atoms with Gasteiger partial charge in [0.25, 0.3) is 0 Å². The van der Waals surface area contributed by atoms with Gasteiger partial charge in [-0.1, -0.05) is 43.2 Å². The first kappa shape index (κ1) is 18.1. The van der Waals surface area contributed by atoms with E-state index in [4.69, 9.17) is 9.47 Å². The van der Waals surface area contributed by atoms with E-state index in [9.17, 15) is 4.79 Å². The van der Waals surface area contributed by atoms with Gasteiger partial charge in [0, 0.05) is 18.2 Å². The Hall–Kier alpha value is -2.27. The molecule has 27 heavy (non-hydrogen) atoms. The molecule has 144 valence electrons. The summed E-state index contributed by atoms with van der Waals surface area (Å²) in [6.45, 7) is 1.90. The molecule has 1 heterocycles. The number of rotatable bonds is 5. The van der Waals surface area contributed by atoms with Crippen LogP contribution in [0.4, 0.5) is 4.79 Å². The highest BCUT2D eigenvalue weighted by Gasteiger charge is 2.30. The lowest BCUT2D eigenvalue weighted by atomic mass is 10.0. The first-order valence-electron chi connectivity index (χ1n) is 9.96. The number of hydrogen-bond acceptors (Lipinski definition) is 3. The lowest BCUT2D eigenvalue weighted by Gasteiger charge is -2.31. The maximum absolute atomic E-state index is 13.1. The topological polar surface area (TPSA) is 50.8 Å². The van der Waals surface area contributed by atoms with E-state index >= 15 is 0 Å². The summed E-state index contributed by atoms with van der Waals surface area (Å²) in [4.78, 5) is 15.2. The van der Waals surface area contributed by atoms with Crippen LogP contribution in [0.15, 0.2) is 36.4 Å². The number of methoxy groups -OCH3 is 1. The Morgan fingerprint density at radius 1 is 1.19 bits per heavy atom. The maximum atomic E-state index is 13.1. The number of amides is 2. The molecule has 0 radical (unpaired) electrons. The lowest BCUT2D eigenvalue weighted by Crippen LogP contribution is -2.48. The predicted molar refractivity (Wildman–Crippen MR) is 106 cm³/mol.